The molecule has 144 valence electrons. The highest BCUT2D eigenvalue weighted by molar-refractivity contribution is 6.30. The molecule has 3 aromatic rings. The average Bonchev–Trinajstić information content (AvgIpc) is 3.06. The Bertz CT molecular complexity index is 1070. The summed E-state index contributed by atoms with van der Waals surface area (Å²) in [5, 5.41) is 18.5. The molecule has 0 spiro atoms. The third kappa shape index (κ3) is 4.15. The summed E-state index contributed by atoms with van der Waals surface area (Å²) in [5.74, 6) is -0.244. The van der Waals surface area contributed by atoms with Crippen molar-refractivity contribution in [3.63, 3.8) is 0 Å². The summed E-state index contributed by atoms with van der Waals surface area (Å²) >= 11 is 5.76. The number of nitrogens with one attached hydrogen (secondary N) is 1. The molecule has 0 saturated carbocycles. The number of ether oxygens (including phenoxy) is 1. The van der Waals surface area contributed by atoms with Gasteiger partial charge in [-0.1, -0.05) is 23.7 Å². The summed E-state index contributed by atoms with van der Waals surface area (Å²) in [7, 11) is 0. The van der Waals surface area contributed by atoms with E-state index in [1.165, 1.54) is 12.3 Å². The number of nitriles is 1. The van der Waals surface area contributed by atoms with Gasteiger partial charge in [0.2, 0.25) is 0 Å². The number of pyridine rings is 1. The zero-order chi connectivity index (χ0) is 20.3. The molecule has 7 nitrogen and oxygen atoms in total. The molecule has 0 aliphatic carbocycles. The Labute approximate surface area is 161 Å². The molecule has 0 unspecified atom stereocenters. The largest absolute Gasteiger partial charge is 0.482 e. The average molecular weight is 410 g/mol. The van der Waals surface area contributed by atoms with Crippen LogP contribution in [-0.2, 0) is 17.5 Å². The second-order valence-corrected chi connectivity index (χ2v) is 5.99. The van der Waals surface area contributed by atoms with Crippen molar-refractivity contribution in [2.45, 2.75) is 12.7 Å². The fourth-order valence-corrected chi connectivity index (χ4v) is 2.60. The molecule has 28 heavy (non-hydrogen) atoms. The van der Waals surface area contributed by atoms with Crippen molar-refractivity contribution < 1.29 is 22.7 Å². The predicted molar refractivity (Wildman–Crippen MR) is 91.5 cm³/mol. The second kappa shape index (κ2) is 7.74. The van der Waals surface area contributed by atoms with Crippen LogP contribution in [0.5, 0.6) is 5.75 Å². The van der Waals surface area contributed by atoms with E-state index in [0.29, 0.717) is 0 Å². The number of carbonyl (C=O) groups excluding carboxylic acids is 1. The van der Waals surface area contributed by atoms with Crippen molar-refractivity contribution in [2.24, 2.45) is 0 Å². The fourth-order valence-electron chi connectivity index (χ4n) is 2.39. The van der Waals surface area contributed by atoms with Gasteiger partial charge in [-0.3, -0.25) is 9.20 Å². The lowest BCUT2D eigenvalue weighted by Gasteiger charge is -2.10. The maximum absolute atomic E-state index is 13.1. The van der Waals surface area contributed by atoms with Crippen molar-refractivity contribution in [1.82, 2.24) is 19.9 Å². The number of para-hydroxylation sites is 1. The van der Waals surface area contributed by atoms with Gasteiger partial charge in [-0.25, -0.2) is 0 Å². The summed E-state index contributed by atoms with van der Waals surface area (Å²) < 4.78 is 45.6. The number of amides is 1. The molecule has 0 aliphatic rings. The number of hydrogen-bond acceptors (Lipinski definition) is 5. The number of aromatic nitrogens is 3. The standard InChI is InChI=1S/C17H11ClF3N5O2/c18-11-5-12(17(19,20)21)16-25-24-14(26(16)8-11)7-23-15(27)9-28-13-4-2-1-3-10(13)6-22/h1-5,8H,7,9H2,(H,23,27). The Morgan fingerprint density at radius 1 is 1.32 bits per heavy atom. The van der Waals surface area contributed by atoms with Crippen LogP contribution in [0.15, 0.2) is 36.5 Å². The molecule has 2 heterocycles. The van der Waals surface area contributed by atoms with Crippen LogP contribution in [-0.4, -0.2) is 27.1 Å². The van der Waals surface area contributed by atoms with E-state index in [1.807, 2.05) is 6.07 Å². The highest BCUT2D eigenvalue weighted by Gasteiger charge is 2.35. The lowest BCUT2D eigenvalue weighted by Crippen LogP contribution is -2.29. The molecular weight excluding hydrogens is 399 g/mol. The Hall–Kier alpha value is -3.32. The Morgan fingerprint density at radius 2 is 2.07 bits per heavy atom. The number of carbonyl (C=O) groups is 1. The minimum absolute atomic E-state index is 0.0637. The molecule has 2 aromatic heterocycles. The first-order chi connectivity index (χ1) is 13.3. The first-order valence-corrected chi connectivity index (χ1v) is 8.16. The monoisotopic (exact) mass is 409 g/mol. The van der Waals surface area contributed by atoms with Crippen LogP contribution in [0.25, 0.3) is 5.65 Å². The minimum atomic E-state index is -4.65. The normalized spacial score (nSPS) is 11.2. The summed E-state index contributed by atoms with van der Waals surface area (Å²) in [6.45, 7) is -0.578. The van der Waals surface area contributed by atoms with Gasteiger partial charge in [0.1, 0.15) is 17.4 Å². The van der Waals surface area contributed by atoms with Gasteiger partial charge in [-0.05, 0) is 18.2 Å². The number of alkyl halides is 3. The molecule has 1 N–H and O–H groups in total. The smallest absolute Gasteiger partial charge is 0.420 e. The molecule has 1 aromatic carbocycles. The van der Waals surface area contributed by atoms with Crippen LogP contribution in [0.1, 0.15) is 17.0 Å². The number of rotatable bonds is 5. The molecule has 0 saturated heterocycles. The second-order valence-electron chi connectivity index (χ2n) is 5.55. The van der Waals surface area contributed by atoms with Crippen LogP contribution >= 0.6 is 11.6 Å². The molecule has 0 aliphatic heterocycles. The van der Waals surface area contributed by atoms with Crippen molar-refractivity contribution in [3.8, 4) is 11.8 Å². The van der Waals surface area contributed by atoms with Gasteiger partial charge in [0, 0.05) is 6.20 Å². The summed E-state index contributed by atoms with van der Waals surface area (Å²) in [4.78, 5) is 12.0. The van der Waals surface area contributed by atoms with Gasteiger partial charge in [0.15, 0.2) is 18.1 Å². The third-order valence-electron chi connectivity index (χ3n) is 3.66. The van der Waals surface area contributed by atoms with Gasteiger partial charge in [-0.15, -0.1) is 10.2 Å². The van der Waals surface area contributed by atoms with E-state index in [1.54, 1.807) is 18.2 Å². The van der Waals surface area contributed by atoms with E-state index in [2.05, 4.69) is 15.5 Å². The van der Waals surface area contributed by atoms with Gasteiger partial charge < -0.3 is 10.1 Å². The molecule has 11 heteroatoms. The minimum Gasteiger partial charge on any atom is -0.482 e. The molecule has 1 amide bonds. The number of hydrogen-bond donors (Lipinski definition) is 1. The van der Waals surface area contributed by atoms with E-state index in [9.17, 15) is 18.0 Å². The highest BCUT2D eigenvalue weighted by atomic mass is 35.5. The van der Waals surface area contributed by atoms with Gasteiger partial charge in [0.25, 0.3) is 5.91 Å². The first-order valence-electron chi connectivity index (χ1n) is 7.78. The summed E-state index contributed by atoms with van der Waals surface area (Å²) in [6, 6.07) is 9.08. The first kappa shape index (κ1) is 19.4. The Balaban J connectivity index is 1.69. The molecular formula is C17H11ClF3N5O2. The Kier molecular flexibility index (Phi) is 5.37. The third-order valence-corrected chi connectivity index (χ3v) is 3.86. The maximum Gasteiger partial charge on any atom is 0.420 e. The van der Waals surface area contributed by atoms with Crippen molar-refractivity contribution in [1.29, 1.82) is 5.26 Å². The lowest BCUT2D eigenvalue weighted by atomic mass is 10.2. The Morgan fingerprint density at radius 3 is 2.79 bits per heavy atom. The predicted octanol–water partition coefficient (Wildman–Crippen LogP) is 2.97. The summed E-state index contributed by atoms with van der Waals surface area (Å²) in [5.41, 5.74) is -1.17. The molecule has 0 radical (unpaired) electrons. The van der Waals surface area contributed by atoms with Gasteiger partial charge >= 0.3 is 6.18 Å². The number of halogens is 4. The van der Waals surface area contributed by atoms with Crippen LogP contribution in [0, 0.1) is 11.3 Å². The number of fused-ring (bicyclic) bond motifs is 1. The van der Waals surface area contributed by atoms with E-state index < -0.39 is 23.3 Å². The lowest BCUT2D eigenvalue weighted by molar-refractivity contribution is -0.136. The van der Waals surface area contributed by atoms with Crippen molar-refractivity contribution in [3.05, 3.63) is 58.5 Å². The SMILES string of the molecule is N#Cc1ccccc1OCC(=O)NCc1nnc2c(C(F)(F)F)cc(Cl)cn12. The zero-order valence-corrected chi connectivity index (χ0v) is 14.8. The van der Waals surface area contributed by atoms with E-state index in [4.69, 9.17) is 21.6 Å². The van der Waals surface area contributed by atoms with E-state index in [0.717, 1.165) is 10.5 Å². The molecule has 3 rings (SSSR count). The summed E-state index contributed by atoms with van der Waals surface area (Å²) in [6.07, 6.45) is -3.42. The van der Waals surface area contributed by atoms with Gasteiger partial charge in [0.05, 0.1) is 17.1 Å². The van der Waals surface area contributed by atoms with Crippen molar-refractivity contribution >= 4 is 23.2 Å². The number of nitrogens with zero attached hydrogens (tertiary/aromatic N) is 4. The van der Waals surface area contributed by atoms with Crippen LogP contribution in [0.2, 0.25) is 5.02 Å². The molecule has 0 atom stereocenters. The van der Waals surface area contributed by atoms with Crippen LogP contribution < -0.4 is 10.1 Å². The maximum atomic E-state index is 13.1. The van der Waals surface area contributed by atoms with E-state index in [-0.39, 0.29) is 35.3 Å². The van der Waals surface area contributed by atoms with Crippen LogP contribution in [0.4, 0.5) is 13.2 Å². The quantitative estimate of drug-likeness (QED) is 0.699. The van der Waals surface area contributed by atoms with Crippen molar-refractivity contribution in [2.75, 3.05) is 6.61 Å². The molecule has 0 fully saturated rings. The van der Waals surface area contributed by atoms with E-state index >= 15 is 0 Å². The topological polar surface area (TPSA) is 92.3 Å². The molecule has 0 bridgehead atoms. The van der Waals surface area contributed by atoms with Gasteiger partial charge in [-0.2, -0.15) is 18.4 Å². The highest BCUT2D eigenvalue weighted by Crippen LogP contribution is 2.33. The number of benzene rings is 1. The van der Waals surface area contributed by atoms with Crippen LogP contribution in [0.3, 0.4) is 0 Å². The zero-order valence-electron chi connectivity index (χ0n) is 14.0. The fraction of sp³-hybridized carbons (Fsp3) is 0.176.